The molecule has 0 fully saturated rings. The minimum atomic E-state index is -3.93. The number of sulfonamides is 1. The second-order valence-corrected chi connectivity index (χ2v) is 7.69. The fourth-order valence-corrected chi connectivity index (χ4v) is 3.24. The van der Waals surface area contributed by atoms with Crippen LogP contribution in [-0.2, 0) is 14.8 Å². The summed E-state index contributed by atoms with van der Waals surface area (Å²) in [5, 5.41) is 5.58. The molecule has 26 heavy (non-hydrogen) atoms. The zero-order valence-corrected chi connectivity index (χ0v) is 16.3. The molecule has 6 N–H and O–H groups in total. The van der Waals surface area contributed by atoms with Crippen LogP contribution in [0.15, 0.2) is 33.6 Å². The Bertz CT molecular complexity index is 742. The van der Waals surface area contributed by atoms with Gasteiger partial charge in [-0.05, 0) is 42.9 Å². The lowest BCUT2D eigenvalue weighted by Gasteiger charge is -2.10. The van der Waals surface area contributed by atoms with Crippen molar-refractivity contribution < 1.29 is 13.2 Å². The number of thiocarbonyl (C=S) groups is 1. The topological polar surface area (TPSA) is 140 Å². The van der Waals surface area contributed by atoms with E-state index in [2.05, 4.69) is 22.0 Å². The summed E-state index contributed by atoms with van der Waals surface area (Å²) in [4.78, 5) is 11.8. The maximum absolute atomic E-state index is 11.8. The highest BCUT2D eigenvalue weighted by molar-refractivity contribution is 7.90. The number of amides is 1. The molecule has 0 aliphatic heterocycles. The number of hydrogen-bond acceptors (Lipinski definition) is 4. The van der Waals surface area contributed by atoms with E-state index >= 15 is 0 Å². The lowest BCUT2D eigenvalue weighted by atomic mass is 10.1. The largest absolute Gasteiger partial charge is 0.369 e. The fraction of sp³-hybridized carbons (Fsp3) is 0.438. The van der Waals surface area contributed by atoms with Crippen molar-refractivity contribution in [1.82, 2.24) is 5.32 Å². The first-order valence-electron chi connectivity index (χ1n) is 8.31. The van der Waals surface area contributed by atoms with Crippen LogP contribution in [0, 0.1) is 0 Å². The summed E-state index contributed by atoms with van der Waals surface area (Å²) in [5.41, 5.74) is 10.7. The van der Waals surface area contributed by atoms with E-state index in [1.807, 2.05) is 0 Å². The van der Waals surface area contributed by atoms with Gasteiger partial charge in [0.25, 0.3) is 10.0 Å². The van der Waals surface area contributed by atoms with Gasteiger partial charge >= 0.3 is 0 Å². The molecule has 1 amide bonds. The highest BCUT2D eigenvalue weighted by Gasteiger charge is 2.13. The molecule has 1 aromatic rings. The average molecular weight is 400 g/mol. The number of guanidine groups is 1. The maximum Gasteiger partial charge on any atom is 0.285 e. The van der Waals surface area contributed by atoms with Crippen LogP contribution in [-0.4, -0.2) is 25.4 Å². The molecule has 10 heteroatoms. The fourth-order valence-electron chi connectivity index (χ4n) is 2.14. The third-order valence-corrected chi connectivity index (χ3v) is 4.92. The molecule has 0 spiro atoms. The molecule has 144 valence electrons. The lowest BCUT2D eigenvalue weighted by molar-refractivity contribution is -0.119. The number of carbonyl (C=O) groups is 1. The first kappa shape index (κ1) is 21.8. The summed E-state index contributed by atoms with van der Waals surface area (Å²) < 4.78 is 26.9. The minimum Gasteiger partial charge on any atom is -0.369 e. The van der Waals surface area contributed by atoms with Gasteiger partial charge in [-0.25, -0.2) is 0 Å². The monoisotopic (exact) mass is 399 g/mol. The van der Waals surface area contributed by atoms with Crippen molar-refractivity contribution in [2.24, 2.45) is 15.9 Å². The number of hydrogen-bond donors (Lipinski definition) is 4. The zero-order valence-electron chi connectivity index (χ0n) is 14.7. The number of anilines is 1. The molecule has 0 radical (unpaired) electrons. The first-order valence-corrected chi connectivity index (χ1v) is 10.2. The van der Waals surface area contributed by atoms with Gasteiger partial charge in [0.1, 0.15) is 0 Å². The van der Waals surface area contributed by atoms with Gasteiger partial charge in [-0.15, -0.1) is 4.40 Å². The number of nitrogens with one attached hydrogen (secondary N) is 2. The molecule has 1 rings (SSSR count). The normalized spacial score (nSPS) is 10.8. The maximum atomic E-state index is 11.8. The van der Waals surface area contributed by atoms with Gasteiger partial charge < -0.3 is 22.1 Å². The number of benzene rings is 1. The van der Waals surface area contributed by atoms with Crippen molar-refractivity contribution in [3.8, 4) is 0 Å². The van der Waals surface area contributed by atoms with Crippen LogP contribution in [0.3, 0.4) is 0 Å². The van der Waals surface area contributed by atoms with Gasteiger partial charge in [-0.2, -0.15) is 8.42 Å². The quantitative estimate of drug-likeness (QED) is 0.215. The molecule has 0 aliphatic carbocycles. The number of nitrogens with zero attached hydrogens (tertiary/aromatic N) is 1. The minimum absolute atomic E-state index is 0.0570. The van der Waals surface area contributed by atoms with Gasteiger partial charge in [0.05, 0.1) is 4.90 Å². The molecular formula is C16H25N5O3S2. The number of carbonyl (C=O) groups excluding carboxylic acids is 1. The molecule has 0 bridgehead atoms. The molecule has 0 aliphatic rings. The Morgan fingerprint density at radius 1 is 1.12 bits per heavy atom. The Kier molecular flexibility index (Phi) is 9.00. The summed E-state index contributed by atoms with van der Waals surface area (Å²) in [6, 6.07) is 5.67. The molecule has 1 aromatic carbocycles. The summed E-state index contributed by atoms with van der Waals surface area (Å²) in [6.07, 6.45) is 5.73. The molecular weight excluding hydrogens is 374 g/mol. The van der Waals surface area contributed by atoms with Crippen LogP contribution in [0.5, 0.6) is 0 Å². The van der Waals surface area contributed by atoms with Crippen molar-refractivity contribution in [3.63, 3.8) is 0 Å². The van der Waals surface area contributed by atoms with Gasteiger partial charge in [-0.1, -0.05) is 32.6 Å². The third kappa shape index (κ3) is 8.26. The summed E-state index contributed by atoms with van der Waals surface area (Å²) >= 11 is 5.08. The molecule has 0 atom stereocenters. The van der Waals surface area contributed by atoms with Crippen molar-refractivity contribution >= 4 is 44.9 Å². The predicted octanol–water partition coefficient (Wildman–Crippen LogP) is 1.82. The highest BCUT2D eigenvalue weighted by Crippen LogP contribution is 2.16. The van der Waals surface area contributed by atoms with Crippen LogP contribution in [0.1, 0.15) is 45.4 Å². The Morgan fingerprint density at radius 2 is 1.73 bits per heavy atom. The number of rotatable bonds is 9. The van der Waals surface area contributed by atoms with Crippen LogP contribution < -0.4 is 22.1 Å². The Balaban J connectivity index is 2.50. The van der Waals surface area contributed by atoms with E-state index in [4.69, 9.17) is 23.7 Å². The first-order chi connectivity index (χ1) is 12.2. The van der Waals surface area contributed by atoms with E-state index in [-0.39, 0.29) is 15.9 Å². The van der Waals surface area contributed by atoms with Gasteiger partial charge in [0.15, 0.2) is 5.11 Å². The van der Waals surface area contributed by atoms with Crippen molar-refractivity contribution in [2.75, 3.05) is 5.32 Å². The highest BCUT2D eigenvalue weighted by atomic mass is 32.2. The van der Waals surface area contributed by atoms with E-state index < -0.39 is 16.0 Å². The second-order valence-electron chi connectivity index (χ2n) is 5.68. The van der Waals surface area contributed by atoms with Gasteiger partial charge in [0, 0.05) is 12.1 Å². The molecule has 0 unspecified atom stereocenters. The van der Waals surface area contributed by atoms with Gasteiger partial charge in [-0.3, -0.25) is 4.79 Å². The van der Waals surface area contributed by atoms with Crippen LogP contribution in [0.4, 0.5) is 5.69 Å². The van der Waals surface area contributed by atoms with E-state index in [9.17, 15) is 13.2 Å². The molecule has 8 nitrogen and oxygen atoms in total. The SMILES string of the molecule is CCCCCCCC(=O)NC(=S)Nc1ccc(S(=O)(=O)N=C(N)N)cc1. The van der Waals surface area contributed by atoms with Crippen molar-refractivity contribution in [1.29, 1.82) is 0 Å². The Morgan fingerprint density at radius 3 is 2.31 bits per heavy atom. The van der Waals surface area contributed by atoms with Crippen LogP contribution >= 0.6 is 12.2 Å². The molecule has 0 saturated carbocycles. The lowest BCUT2D eigenvalue weighted by Crippen LogP contribution is -2.33. The van der Waals surface area contributed by atoms with Crippen molar-refractivity contribution in [2.45, 2.75) is 50.3 Å². The van der Waals surface area contributed by atoms with Crippen LogP contribution in [0.2, 0.25) is 0 Å². The summed E-state index contributed by atoms with van der Waals surface area (Å²) in [6.45, 7) is 2.14. The molecule has 0 heterocycles. The third-order valence-electron chi connectivity index (χ3n) is 3.40. The average Bonchev–Trinajstić information content (AvgIpc) is 2.53. The summed E-state index contributed by atoms with van der Waals surface area (Å²) in [7, 11) is -3.93. The Labute approximate surface area is 159 Å². The van der Waals surface area contributed by atoms with E-state index in [1.54, 1.807) is 0 Å². The predicted molar refractivity (Wildman–Crippen MR) is 107 cm³/mol. The second kappa shape index (κ2) is 10.7. The molecule has 0 aromatic heterocycles. The van der Waals surface area contributed by atoms with E-state index in [0.29, 0.717) is 12.1 Å². The number of nitrogens with two attached hydrogens (primary N) is 2. The Hall–Kier alpha value is -2.20. The number of unbranched alkanes of at least 4 members (excludes halogenated alkanes) is 4. The van der Waals surface area contributed by atoms with Crippen molar-refractivity contribution in [3.05, 3.63) is 24.3 Å². The summed E-state index contributed by atoms with van der Waals surface area (Å²) in [5.74, 6) is -0.684. The zero-order chi connectivity index (χ0) is 19.6. The van der Waals surface area contributed by atoms with Gasteiger partial charge in [0.2, 0.25) is 11.9 Å². The van der Waals surface area contributed by atoms with E-state index in [1.165, 1.54) is 30.7 Å². The standard InChI is InChI=1S/C16H25N5O3S2/c1-2-3-4-5-6-7-14(22)20-16(25)19-12-8-10-13(11-9-12)26(23,24)21-15(17)18/h8-11H,2-7H2,1H3,(H4,17,18,21)(H2,19,20,22,25). The molecule has 0 saturated heterocycles. The smallest absolute Gasteiger partial charge is 0.285 e. The van der Waals surface area contributed by atoms with Crippen LogP contribution in [0.25, 0.3) is 0 Å². The van der Waals surface area contributed by atoms with E-state index in [0.717, 1.165) is 25.7 Å².